The predicted molar refractivity (Wildman–Crippen MR) is 129 cm³/mol. The van der Waals surface area contributed by atoms with Gasteiger partial charge in [0.1, 0.15) is 23.2 Å². The fraction of sp³-hybridized carbons (Fsp3) is 0.174. The van der Waals surface area contributed by atoms with Crippen molar-refractivity contribution in [3.8, 4) is 0 Å². The number of carbonyl (C=O) groups excluding carboxylic acids is 1. The minimum Gasteiger partial charge on any atom is -0.462 e. The smallest absolute Gasteiger partial charge is 0.362 e. The molecule has 0 radical (unpaired) electrons. The Labute approximate surface area is 186 Å². The number of rotatable bonds is 6. The fourth-order valence-electron chi connectivity index (χ4n) is 3.53. The number of carbonyl (C=O) groups is 1. The van der Waals surface area contributed by atoms with Crippen molar-refractivity contribution in [3.63, 3.8) is 0 Å². The van der Waals surface area contributed by atoms with Crippen molar-refractivity contribution in [1.82, 2.24) is 0 Å². The van der Waals surface area contributed by atoms with E-state index in [0.717, 1.165) is 15.9 Å². The van der Waals surface area contributed by atoms with Crippen molar-refractivity contribution in [2.24, 2.45) is 0 Å². The predicted octanol–water partition coefficient (Wildman–Crippen LogP) is 5.23. The second-order valence-corrected chi connectivity index (χ2v) is 12.3. The van der Waals surface area contributed by atoms with Crippen LogP contribution in [0.5, 0.6) is 0 Å². The molecule has 0 heterocycles. The van der Waals surface area contributed by atoms with Crippen LogP contribution < -0.4 is 15.9 Å². The average Bonchev–Trinajstić information content (AvgIpc) is 2.71. The van der Waals surface area contributed by atoms with E-state index in [9.17, 15) is 4.79 Å². The van der Waals surface area contributed by atoms with Crippen LogP contribution in [0.15, 0.2) is 91.0 Å². The average molecular weight is 523 g/mol. The molecular weight excluding hydrogens is 499 g/mol. The topological polar surface area (TPSA) is 26.3 Å². The van der Waals surface area contributed by atoms with Gasteiger partial charge in [-0.2, -0.15) is 0 Å². The Balaban J connectivity index is 0.00000280. The quantitative estimate of drug-likeness (QED) is 0.251. The van der Waals surface area contributed by atoms with E-state index in [-0.39, 0.29) is 23.0 Å². The van der Waals surface area contributed by atoms with Crippen molar-refractivity contribution in [2.75, 3.05) is 6.61 Å². The molecule has 28 heavy (non-hydrogen) atoms. The standard InChI is InChI=1S/C23H23BrO2P.BrH/c1-3-26-22(25)23(2,24)27(19-13-7-4-8-14-19,20-15-9-5-10-16-20)21-17-11-6-12-18-21;/h4-18H,3H2,1-2H3;1H/q+1;. The van der Waals surface area contributed by atoms with Crippen molar-refractivity contribution in [1.29, 1.82) is 0 Å². The Morgan fingerprint density at radius 1 is 0.821 bits per heavy atom. The highest BCUT2D eigenvalue weighted by Gasteiger charge is 2.64. The van der Waals surface area contributed by atoms with Crippen LogP contribution in [0.25, 0.3) is 0 Å². The molecule has 5 heteroatoms. The molecule has 1 unspecified atom stereocenters. The summed E-state index contributed by atoms with van der Waals surface area (Å²) in [4.78, 5) is 13.2. The lowest BCUT2D eigenvalue weighted by Gasteiger charge is -2.37. The number of alkyl halides is 1. The second-order valence-electron chi connectivity index (χ2n) is 6.35. The third-order valence-corrected chi connectivity index (χ3v) is 11.3. The van der Waals surface area contributed by atoms with E-state index in [0.29, 0.717) is 6.61 Å². The monoisotopic (exact) mass is 521 g/mol. The van der Waals surface area contributed by atoms with E-state index in [1.807, 2.05) is 68.4 Å². The van der Waals surface area contributed by atoms with E-state index in [1.165, 1.54) is 0 Å². The first kappa shape index (κ1) is 22.8. The first-order valence-corrected chi connectivity index (χ1v) is 11.6. The Morgan fingerprint density at radius 2 is 1.14 bits per heavy atom. The largest absolute Gasteiger partial charge is 0.462 e. The van der Waals surface area contributed by atoms with Crippen LogP contribution in [0.3, 0.4) is 0 Å². The van der Waals surface area contributed by atoms with Crippen molar-refractivity contribution < 1.29 is 9.53 Å². The van der Waals surface area contributed by atoms with Crippen LogP contribution >= 0.6 is 40.2 Å². The van der Waals surface area contributed by atoms with Gasteiger partial charge >= 0.3 is 5.97 Å². The molecule has 0 aliphatic heterocycles. The summed E-state index contributed by atoms with van der Waals surface area (Å²) >= 11 is 3.86. The van der Waals surface area contributed by atoms with Gasteiger partial charge in [-0.3, -0.25) is 0 Å². The normalized spacial score (nSPS) is 13.1. The molecule has 0 bridgehead atoms. The van der Waals surface area contributed by atoms with Gasteiger partial charge in [-0.25, -0.2) is 4.79 Å². The van der Waals surface area contributed by atoms with Crippen LogP contribution in [0, 0.1) is 0 Å². The molecule has 0 aliphatic rings. The summed E-state index contributed by atoms with van der Waals surface area (Å²) in [6, 6.07) is 30.9. The Morgan fingerprint density at radius 3 is 1.43 bits per heavy atom. The summed E-state index contributed by atoms with van der Waals surface area (Å²) in [5.41, 5.74) is 0. The number of halogens is 2. The van der Waals surface area contributed by atoms with Crippen LogP contribution in [-0.4, -0.2) is 16.6 Å². The number of hydrogen-bond acceptors (Lipinski definition) is 2. The highest BCUT2D eigenvalue weighted by molar-refractivity contribution is 9.11. The molecule has 1 atom stereocenters. The van der Waals surface area contributed by atoms with Gasteiger partial charge in [0.2, 0.25) is 4.07 Å². The first-order valence-electron chi connectivity index (χ1n) is 8.97. The number of hydrogen-bond donors (Lipinski definition) is 0. The lowest BCUT2D eigenvalue weighted by atomic mass is 10.3. The minimum atomic E-state index is -2.40. The minimum absolute atomic E-state index is 0. The summed E-state index contributed by atoms with van der Waals surface area (Å²) in [7, 11) is -2.40. The molecule has 3 rings (SSSR count). The van der Waals surface area contributed by atoms with Gasteiger partial charge in [-0.1, -0.05) is 54.6 Å². The number of esters is 1. The molecule has 0 aliphatic carbocycles. The molecule has 2 nitrogen and oxygen atoms in total. The van der Waals surface area contributed by atoms with Gasteiger partial charge in [-0.15, -0.1) is 17.0 Å². The first-order chi connectivity index (χ1) is 13.0. The summed E-state index contributed by atoms with van der Waals surface area (Å²) in [5.74, 6) is -0.241. The van der Waals surface area contributed by atoms with E-state index in [4.69, 9.17) is 4.74 Å². The zero-order valence-corrected chi connectivity index (χ0v) is 20.1. The van der Waals surface area contributed by atoms with E-state index >= 15 is 0 Å². The molecule has 0 amide bonds. The molecule has 0 saturated heterocycles. The lowest BCUT2D eigenvalue weighted by molar-refractivity contribution is -0.143. The van der Waals surface area contributed by atoms with E-state index in [1.54, 1.807) is 0 Å². The van der Waals surface area contributed by atoms with Gasteiger partial charge in [0.15, 0.2) is 0 Å². The van der Waals surface area contributed by atoms with Crippen molar-refractivity contribution >= 4 is 62.1 Å². The molecular formula is C23H24Br2O2P+. The van der Waals surface area contributed by atoms with Gasteiger partial charge in [0.25, 0.3) is 0 Å². The van der Waals surface area contributed by atoms with E-state index in [2.05, 4.69) is 52.3 Å². The number of benzene rings is 3. The molecule has 3 aromatic carbocycles. The van der Waals surface area contributed by atoms with Gasteiger partial charge < -0.3 is 4.74 Å². The van der Waals surface area contributed by atoms with Gasteiger partial charge in [-0.05, 0) is 66.2 Å². The summed E-state index contributed by atoms with van der Waals surface area (Å²) in [5, 5.41) is 3.40. The highest BCUT2D eigenvalue weighted by Crippen LogP contribution is 2.68. The third kappa shape index (κ3) is 3.96. The highest BCUT2D eigenvalue weighted by atomic mass is 79.9. The maximum atomic E-state index is 13.2. The second kappa shape index (κ2) is 9.82. The Hall–Kier alpha value is -1.48. The Bertz CT molecular complexity index is 788. The Kier molecular flexibility index (Phi) is 8.00. The molecule has 146 valence electrons. The van der Waals surface area contributed by atoms with Crippen LogP contribution in [0.1, 0.15) is 13.8 Å². The van der Waals surface area contributed by atoms with Gasteiger partial charge in [0, 0.05) is 0 Å². The summed E-state index contributed by atoms with van der Waals surface area (Å²) < 4.78 is 4.62. The molecule has 3 aromatic rings. The third-order valence-electron chi connectivity index (χ3n) is 4.71. The van der Waals surface area contributed by atoms with Crippen molar-refractivity contribution in [2.45, 2.75) is 17.9 Å². The summed E-state index contributed by atoms with van der Waals surface area (Å²) in [6.07, 6.45) is 0. The SMILES string of the molecule is Br.CCOC(=O)C(C)(Br)[P+](c1ccccc1)(c1ccccc1)c1ccccc1. The maximum Gasteiger partial charge on any atom is 0.362 e. The zero-order valence-electron chi connectivity index (χ0n) is 15.9. The molecule has 0 spiro atoms. The molecule has 0 aromatic heterocycles. The van der Waals surface area contributed by atoms with Crippen LogP contribution in [0.2, 0.25) is 0 Å². The molecule has 0 saturated carbocycles. The lowest BCUT2D eigenvalue weighted by Crippen LogP contribution is -2.47. The maximum absolute atomic E-state index is 13.2. The van der Waals surface area contributed by atoms with E-state index < -0.39 is 11.3 Å². The molecule has 0 N–H and O–H groups in total. The number of ether oxygens (including phenoxy) is 1. The van der Waals surface area contributed by atoms with Crippen molar-refractivity contribution in [3.05, 3.63) is 91.0 Å². The fourth-order valence-corrected chi connectivity index (χ4v) is 10.0. The summed E-state index contributed by atoms with van der Waals surface area (Å²) in [6.45, 7) is 4.14. The van der Waals surface area contributed by atoms with Crippen LogP contribution in [-0.2, 0) is 9.53 Å². The van der Waals surface area contributed by atoms with Gasteiger partial charge in [0.05, 0.1) is 6.61 Å². The zero-order chi connectivity index (χ0) is 19.3. The van der Waals surface area contributed by atoms with Crippen LogP contribution in [0.4, 0.5) is 0 Å². The molecule has 0 fully saturated rings.